The zero-order chi connectivity index (χ0) is 35.9. The highest BCUT2D eigenvalue weighted by molar-refractivity contribution is 5.93. The third kappa shape index (κ3) is 7.98. The Labute approximate surface area is 309 Å². The monoisotopic (exact) mass is 704 g/mol. The molecule has 4 aliphatic rings. The smallest absolute Gasteiger partial charge is 0.246 e. The molecule has 1 aliphatic carbocycles. The third-order valence-electron chi connectivity index (χ3n) is 12.3. The number of aliphatic hydroxyl groups excluding tert-OH is 1. The molecule has 52 heavy (non-hydrogen) atoms. The van der Waals surface area contributed by atoms with Gasteiger partial charge in [0.1, 0.15) is 12.1 Å². The van der Waals surface area contributed by atoms with Gasteiger partial charge in [0.15, 0.2) is 0 Å². The number of benzene rings is 3. The number of nitrogens with zero attached hydrogens (tertiary/aromatic N) is 3. The number of aliphatic hydroxyl groups is 1. The summed E-state index contributed by atoms with van der Waals surface area (Å²) < 4.78 is 0. The van der Waals surface area contributed by atoms with E-state index in [1.165, 1.54) is 38.6 Å². The highest BCUT2D eigenvalue weighted by Crippen LogP contribution is 2.43. The van der Waals surface area contributed by atoms with E-state index < -0.39 is 23.6 Å². The van der Waals surface area contributed by atoms with E-state index in [9.17, 15) is 19.5 Å². The number of nitrogens with one attached hydrogen (secondary N) is 1. The molecule has 3 saturated heterocycles. The molecule has 4 unspecified atom stereocenters. The Hall–Kier alpha value is -4.01. The molecule has 7 rings (SSSR count). The van der Waals surface area contributed by atoms with Gasteiger partial charge in [0.25, 0.3) is 0 Å². The Kier molecular flexibility index (Phi) is 11.7. The average Bonchev–Trinajstić information content (AvgIpc) is 3.85. The molecule has 8 nitrogen and oxygen atoms in total. The molecule has 3 aliphatic heterocycles. The van der Waals surface area contributed by atoms with Gasteiger partial charge in [0, 0.05) is 45.6 Å². The van der Waals surface area contributed by atoms with Gasteiger partial charge in [-0.05, 0) is 73.6 Å². The van der Waals surface area contributed by atoms with Gasteiger partial charge < -0.3 is 25.1 Å². The van der Waals surface area contributed by atoms with Crippen LogP contribution in [0.2, 0.25) is 0 Å². The van der Waals surface area contributed by atoms with E-state index >= 15 is 0 Å². The summed E-state index contributed by atoms with van der Waals surface area (Å²) >= 11 is 0. The van der Waals surface area contributed by atoms with Crippen LogP contribution in [-0.4, -0.2) is 95.0 Å². The summed E-state index contributed by atoms with van der Waals surface area (Å²) in [6, 6.07) is 28.9. The van der Waals surface area contributed by atoms with Crippen molar-refractivity contribution in [3.8, 4) is 0 Å². The van der Waals surface area contributed by atoms with E-state index in [1.807, 2.05) is 54.6 Å². The second kappa shape index (κ2) is 16.8. The Morgan fingerprint density at radius 3 is 1.85 bits per heavy atom. The third-order valence-corrected chi connectivity index (χ3v) is 12.3. The number of hydrogen-bond acceptors (Lipinski definition) is 5. The minimum absolute atomic E-state index is 0.0879. The van der Waals surface area contributed by atoms with Crippen LogP contribution in [0.25, 0.3) is 0 Å². The van der Waals surface area contributed by atoms with Crippen molar-refractivity contribution in [2.24, 2.45) is 11.8 Å². The highest BCUT2D eigenvalue weighted by Gasteiger charge is 2.47. The van der Waals surface area contributed by atoms with Crippen molar-refractivity contribution in [3.05, 3.63) is 108 Å². The van der Waals surface area contributed by atoms with Crippen molar-refractivity contribution >= 4 is 17.7 Å². The summed E-state index contributed by atoms with van der Waals surface area (Å²) in [4.78, 5) is 48.6. The summed E-state index contributed by atoms with van der Waals surface area (Å²) in [5, 5.41) is 14.2. The van der Waals surface area contributed by atoms with Crippen molar-refractivity contribution in [2.75, 3.05) is 39.3 Å². The molecule has 3 aromatic carbocycles. The number of hydrogen-bond donors (Lipinski definition) is 2. The van der Waals surface area contributed by atoms with Crippen LogP contribution < -0.4 is 5.32 Å². The van der Waals surface area contributed by atoms with Crippen LogP contribution in [0.4, 0.5) is 0 Å². The van der Waals surface area contributed by atoms with Gasteiger partial charge in [0.05, 0.1) is 11.5 Å². The molecule has 2 N–H and O–H groups in total. The maximum atomic E-state index is 14.7. The lowest BCUT2D eigenvalue weighted by molar-refractivity contribution is -0.146. The van der Waals surface area contributed by atoms with Gasteiger partial charge in [-0.15, -0.1) is 0 Å². The molecule has 3 aromatic rings. The van der Waals surface area contributed by atoms with Crippen molar-refractivity contribution in [2.45, 2.75) is 94.2 Å². The van der Waals surface area contributed by atoms with E-state index in [2.05, 4.69) is 46.6 Å². The first-order chi connectivity index (χ1) is 25.4. The summed E-state index contributed by atoms with van der Waals surface area (Å²) in [7, 11) is 0. The highest BCUT2D eigenvalue weighted by atomic mass is 16.3. The standard InChI is InChI=1S/C44H56N4O4/c49-38-27-40(43(52)47-26-14-24-39(47)42(51)45-29-34-17-13-25-46(31-34)30-33-15-5-1-6-16-33)48(32-38)41(50)28-44(35-18-7-2-8-19-35,36-20-9-3-10-21-36)37-22-11-4-12-23-37/h2-4,7-12,18-23,33-34,38-40,49H,1,5-6,13-17,24-32H2,(H,45,51). The molecule has 4 atom stereocenters. The van der Waals surface area contributed by atoms with Crippen molar-refractivity contribution in [3.63, 3.8) is 0 Å². The predicted octanol–water partition coefficient (Wildman–Crippen LogP) is 5.77. The molecule has 0 radical (unpaired) electrons. The largest absolute Gasteiger partial charge is 0.391 e. The van der Waals surface area contributed by atoms with Gasteiger partial charge in [-0.25, -0.2) is 0 Å². The van der Waals surface area contributed by atoms with E-state index in [1.54, 1.807) is 9.80 Å². The number of rotatable bonds is 11. The zero-order valence-corrected chi connectivity index (χ0v) is 30.6. The van der Waals surface area contributed by atoms with Gasteiger partial charge in [-0.2, -0.15) is 0 Å². The molecule has 0 spiro atoms. The van der Waals surface area contributed by atoms with Crippen molar-refractivity contribution in [1.82, 2.24) is 20.0 Å². The van der Waals surface area contributed by atoms with E-state index in [4.69, 9.17) is 0 Å². The van der Waals surface area contributed by atoms with E-state index in [-0.39, 0.29) is 37.1 Å². The van der Waals surface area contributed by atoms with Gasteiger partial charge in [-0.3, -0.25) is 14.4 Å². The second-order valence-corrected chi connectivity index (χ2v) is 15.8. The molecule has 0 aromatic heterocycles. The summed E-state index contributed by atoms with van der Waals surface area (Å²) in [6.07, 6.45) is 9.85. The topological polar surface area (TPSA) is 93.2 Å². The number of piperidine rings is 1. The van der Waals surface area contributed by atoms with Crippen molar-refractivity contribution < 1.29 is 19.5 Å². The lowest BCUT2D eigenvalue weighted by Crippen LogP contribution is -2.54. The van der Waals surface area contributed by atoms with Crippen LogP contribution in [0.15, 0.2) is 91.0 Å². The first-order valence-electron chi connectivity index (χ1n) is 19.9. The second-order valence-electron chi connectivity index (χ2n) is 15.8. The molecule has 3 heterocycles. The minimum atomic E-state index is -0.817. The quantitative estimate of drug-likeness (QED) is 0.248. The fourth-order valence-corrected chi connectivity index (χ4v) is 9.70. The van der Waals surface area contributed by atoms with E-state index in [0.29, 0.717) is 25.4 Å². The summed E-state index contributed by atoms with van der Waals surface area (Å²) in [6.45, 7) is 4.56. The molecular formula is C44H56N4O4. The fraction of sp³-hybridized carbons (Fsp3) is 0.523. The Morgan fingerprint density at radius 2 is 1.23 bits per heavy atom. The molecule has 0 bridgehead atoms. The van der Waals surface area contributed by atoms with Crippen LogP contribution in [-0.2, 0) is 19.8 Å². The average molecular weight is 705 g/mol. The minimum Gasteiger partial charge on any atom is -0.391 e. The maximum absolute atomic E-state index is 14.7. The van der Waals surface area contributed by atoms with Gasteiger partial charge in [-0.1, -0.05) is 110 Å². The zero-order valence-electron chi connectivity index (χ0n) is 30.6. The van der Waals surface area contributed by atoms with Gasteiger partial charge >= 0.3 is 0 Å². The Morgan fingerprint density at radius 1 is 0.654 bits per heavy atom. The summed E-state index contributed by atoms with van der Waals surface area (Å²) in [5.41, 5.74) is 2.13. The normalized spacial score (nSPS) is 24.6. The van der Waals surface area contributed by atoms with Crippen LogP contribution in [0.5, 0.6) is 0 Å². The van der Waals surface area contributed by atoms with Crippen LogP contribution >= 0.6 is 0 Å². The first-order valence-corrected chi connectivity index (χ1v) is 19.9. The molecule has 4 fully saturated rings. The molecule has 3 amide bonds. The molecular weight excluding hydrogens is 649 g/mol. The fourth-order valence-electron chi connectivity index (χ4n) is 9.70. The van der Waals surface area contributed by atoms with Crippen LogP contribution in [0.3, 0.4) is 0 Å². The van der Waals surface area contributed by atoms with Crippen molar-refractivity contribution in [1.29, 1.82) is 0 Å². The molecule has 1 saturated carbocycles. The molecule has 276 valence electrons. The number of carbonyl (C=O) groups is 3. The SMILES string of the molecule is O=C(NCC1CCCN(CC2CCCCC2)C1)C1CCCN1C(=O)C1CC(O)CN1C(=O)CC(c1ccccc1)(c1ccccc1)c1ccccc1. The number of β-amino-alcohol motifs (C(OH)–C–C–N with tert-alkyl or cyclic N) is 1. The lowest BCUT2D eigenvalue weighted by atomic mass is 9.67. The van der Waals surface area contributed by atoms with Crippen LogP contribution in [0.1, 0.15) is 87.3 Å². The maximum Gasteiger partial charge on any atom is 0.246 e. The molecule has 8 heteroatoms. The lowest BCUT2D eigenvalue weighted by Gasteiger charge is -2.38. The Balaban J connectivity index is 1.05. The summed E-state index contributed by atoms with van der Waals surface area (Å²) in [5.74, 6) is 0.712. The predicted molar refractivity (Wildman–Crippen MR) is 203 cm³/mol. The van der Waals surface area contributed by atoms with E-state index in [0.717, 1.165) is 55.0 Å². The number of likely N-dealkylation sites (tertiary alicyclic amines) is 3. The van der Waals surface area contributed by atoms with Crippen LogP contribution in [0, 0.1) is 11.8 Å². The van der Waals surface area contributed by atoms with Gasteiger partial charge in [0.2, 0.25) is 17.7 Å². The first kappa shape index (κ1) is 36.4. The Bertz CT molecular complexity index is 1530. The number of carbonyl (C=O) groups excluding carboxylic acids is 3. The number of amides is 3.